The Morgan fingerprint density at radius 3 is 2.67 bits per heavy atom. The summed E-state index contributed by atoms with van der Waals surface area (Å²) in [6.07, 6.45) is 4.58. The van der Waals surface area contributed by atoms with Gasteiger partial charge >= 0.3 is 0 Å². The number of rotatable bonds is 5. The highest BCUT2D eigenvalue weighted by atomic mass is 32.2. The maximum atomic E-state index is 12.5. The second kappa shape index (κ2) is 9.24. The quantitative estimate of drug-likeness (QED) is 0.676. The van der Waals surface area contributed by atoms with Gasteiger partial charge in [0.15, 0.2) is 0 Å². The van der Waals surface area contributed by atoms with E-state index in [0.29, 0.717) is 26.3 Å². The Balaban J connectivity index is 1.58. The Morgan fingerprint density at radius 2 is 1.93 bits per heavy atom. The zero-order chi connectivity index (χ0) is 19.3. The molecule has 2 saturated heterocycles. The van der Waals surface area contributed by atoms with Gasteiger partial charge in [-0.05, 0) is 19.0 Å². The maximum absolute atomic E-state index is 12.5. The highest BCUT2D eigenvalue weighted by Crippen LogP contribution is 2.16. The van der Waals surface area contributed by atoms with Gasteiger partial charge in [-0.3, -0.25) is 0 Å². The van der Waals surface area contributed by atoms with E-state index in [0.717, 1.165) is 45.1 Å². The Morgan fingerprint density at radius 1 is 1.15 bits per heavy atom. The van der Waals surface area contributed by atoms with Crippen molar-refractivity contribution in [2.45, 2.75) is 6.42 Å². The van der Waals surface area contributed by atoms with Crippen molar-refractivity contribution in [2.75, 3.05) is 78.0 Å². The average molecular weight is 399 g/mol. The van der Waals surface area contributed by atoms with Gasteiger partial charge in [-0.25, -0.2) is 9.97 Å². The van der Waals surface area contributed by atoms with Crippen LogP contribution in [0.4, 0.5) is 5.95 Å². The molecule has 0 bridgehead atoms. The molecule has 152 valence electrons. The molecule has 2 fully saturated rings. The molecule has 1 aromatic rings. The van der Waals surface area contributed by atoms with Gasteiger partial charge < -0.3 is 14.5 Å². The lowest BCUT2D eigenvalue weighted by Crippen LogP contribution is -2.45. The molecule has 1 unspecified atom stereocenters. The summed E-state index contributed by atoms with van der Waals surface area (Å²) in [4.78, 5) is 13.3. The number of hydrogen-bond donors (Lipinski definition) is 0. The zero-order valence-electron chi connectivity index (χ0n) is 16.2. The van der Waals surface area contributed by atoms with E-state index in [1.54, 1.807) is 30.8 Å². The van der Waals surface area contributed by atoms with Crippen LogP contribution in [0.2, 0.25) is 0 Å². The largest absolute Gasteiger partial charge is 0.380 e. The zero-order valence-corrected chi connectivity index (χ0v) is 17.0. The molecule has 0 aliphatic carbocycles. The van der Waals surface area contributed by atoms with Crippen LogP contribution in [-0.4, -0.2) is 105 Å². The second-order valence-corrected chi connectivity index (χ2v) is 9.42. The van der Waals surface area contributed by atoms with Crippen molar-refractivity contribution in [2.24, 2.45) is 5.92 Å². The van der Waals surface area contributed by atoms with Crippen molar-refractivity contribution in [3.63, 3.8) is 0 Å². The topological polar surface area (TPSA) is 82.1 Å². The molecule has 27 heavy (non-hydrogen) atoms. The number of hydrogen-bond acceptors (Lipinski definition) is 7. The highest BCUT2D eigenvalue weighted by molar-refractivity contribution is 7.86. The van der Waals surface area contributed by atoms with E-state index in [1.807, 2.05) is 6.07 Å². The first-order valence-electron chi connectivity index (χ1n) is 9.46. The summed E-state index contributed by atoms with van der Waals surface area (Å²) >= 11 is 0. The van der Waals surface area contributed by atoms with Crippen LogP contribution in [0.15, 0.2) is 18.5 Å². The molecule has 2 aliphatic rings. The molecule has 1 aromatic heterocycles. The summed E-state index contributed by atoms with van der Waals surface area (Å²) in [5, 5.41) is 0. The minimum Gasteiger partial charge on any atom is -0.380 e. The van der Waals surface area contributed by atoms with E-state index < -0.39 is 10.2 Å². The van der Waals surface area contributed by atoms with Crippen molar-refractivity contribution in [1.82, 2.24) is 23.5 Å². The molecule has 0 spiro atoms. The van der Waals surface area contributed by atoms with Crippen LogP contribution in [0.25, 0.3) is 0 Å². The van der Waals surface area contributed by atoms with Gasteiger partial charge in [0.05, 0.1) is 13.2 Å². The first-order valence-corrected chi connectivity index (χ1v) is 10.9. The summed E-state index contributed by atoms with van der Waals surface area (Å²) in [5.74, 6) is 0.946. The molecule has 9 nitrogen and oxygen atoms in total. The minimum atomic E-state index is -3.41. The Labute approximate surface area is 162 Å². The fourth-order valence-electron chi connectivity index (χ4n) is 3.57. The van der Waals surface area contributed by atoms with E-state index in [9.17, 15) is 8.42 Å². The molecule has 0 saturated carbocycles. The first-order chi connectivity index (χ1) is 13.0. The Bertz CT molecular complexity index is 687. The van der Waals surface area contributed by atoms with Crippen LogP contribution in [0.1, 0.15) is 6.42 Å². The van der Waals surface area contributed by atoms with Crippen LogP contribution in [0, 0.1) is 5.92 Å². The van der Waals surface area contributed by atoms with E-state index >= 15 is 0 Å². The molecule has 2 aliphatic heterocycles. The third-order valence-electron chi connectivity index (χ3n) is 5.03. The van der Waals surface area contributed by atoms with Crippen molar-refractivity contribution in [3.05, 3.63) is 18.5 Å². The fourth-order valence-corrected chi connectivity index (χ4v) is 4.74. The fraction of sp³-hybridized carbons (Fsp3) is 0.765. The standard InChI is InChI=1S/C17H30N6O3S/c1-20(2)27(24,25)23-11-12-26-15-16(14-23)13-21-7-4-8-22(10-9-21)17-18-5-3-6-19-17/h3,5-6,16H,4,7-15H2,1-2H3. The summed E-state index contributed by atoms with van der Waals surface area (Å²) < 4.78 is 33.5. The molecular formula is C17H30N6O3S. The number of anilines is 1. The first kappa shape index (κ1) is 20.4. The smallest absolute Gasteiger partial charge is 0.281 e. The van der Waals surface area contributed by atoms with Gasteiger partial charge in [0.25, 0.3) is 10.2 Å². The second-order valence-electron chi connectivity index (χ2n) is 7.28. The highest BCUT2D eigenvalue weighted by Gasteiger charge is 2.30. The lowest BCUT2D eigenvalue weighted by atomic mass is 10.1. The van der Waals surface area contributed by atoms with Crippen LogP contribution < -0.4 is 4.90 Å². The van der Waals surface area contributed by atoms with Gasteiger partial charge in [0.2, 0.25) is 5.95 Å². The monoisotopic (exact) mass is 398 g/mol. The van der Waals surface area contributed by atoms with Crippen LogP contribution >= 0.6 is 0 Å². The van der Waals surface area contributed by atoms with Gasteiger partial charge in [-0.2, -0.15) is 17.0 Å². The molecule has 3 heterocycles. The summed E-state index contributed by atoms with van der Waals surface area (Å²) in [5.41, 5.74) is 0. The minimum absolute atomic E-state index is 0.168. The number of aromatic nitrogens is 2. The van der Waals surface area contributed by atoms with Crippen molar-refractivity contribution in [1.29, 1.82) is 0 Å². The van der Waals surface area contributed by atoms with Crippen molar-refractivity contribution >= 4 is 16.2 Å². The van der Waals surface area contributed by atoms with Gasteiger partial charge in [0.1, 0.15) is 0 Å². The molecule has 1 atom stereocenters. The lowest BCUT2D eigenvalue weighted by molar-refractivity contribution is 0.105. The van der Waals surface area contributed by atoms with E-state index in [4.69, 9.17) is 4.74 Å². The maximum Gasteiger partial charge on any atom is 0.281 e. The van der Waals surface area contributed by atoms with Gasteiger partial charge in [-0.1, -0.05) is 0 Å². The normalized spacial score (nSPS) is 24.0. The summed E-state index contributed by atoms with van der Waals surface area (Å²) in [6.45, 7) is 6.50. The predicted molar refractivity (Wildman–Crippen MR) is 104 cm³/mol. The van der Waals surface area contributed by atoms with Crippen molar-refractivity contribution in [3.8, 4) is 0 Å². The van der Waals surface area contributed by atoms with Gasteiger partial charge in [0, 0.05) is 71.7 Å². The molecule has 0 amide bonds. The van der Waals surface area contributed by atoms with Crippen LogP contribution in [-0.2, 0) is 14.9 Å². The Hall–Kier alpha value is -1.33. The third kappa shape index (κ3) is 5.35. The third-order valence-corrected chi connectivity index (χ3v) is 6.94. The molecular weight excluding hydrogens is 368 g/mol. The van der Waals surface area contributed by atoms with E-state index in [1.165, 1.54) is 4.31 Å². The summed E-state index contributed by atoms with van der Waals surface area (Å²) in [6, 6.07) is 1.83. The molecule has 0 N–H and O–H groups in total. The number of nitrogens with zero attached hydrogens (tertiary/aromatic N) is 6. The van der Waals surface area contributed by atoms with E-state index in [2.05, 4.69) is 19.8 Å². The van der Waals surface area contributed by atoms with Gasteiger partial charge in [-0.15, -0.1) is 0 Å². The number of ether oxygens (including phenoxy) is 1. The van der Waals surface area contributed by atoms with E-state index in [-0.39, 0.29) is 5.92 Å². The average Bonchev–Trinajstić information content (AvgIpc) is 3.04. The molecule has 0 aromatic carbocycles. The SMILES string of the molecule is CN(C)S(=O)(=O)N1CCOCC(CN2CCCN(c3ncccn3)CC2)C1. The van der Waals surface area contributed by atoms with Crippen LogP contribution in [0.3, 0.4) is 0 Å². The molecule has 3 rings (SSSR count). The predicted octanol–water partition coefficient (Wildman–Crippen LogP) is -0.256. The Kier molecular flexibility index (Phi) is 6.99. The molecule has 10 heteroatoms. The summed E-state index contributed by atoms with van der Waals surface area (Å²) in [7, 11) is -0.257. The van der Waals surface area contributed by atoms with Crippen molar-refractivity contribution < 1.29 is 13.2 Å². The van der Waals surface area contributed by atoms with Crippen LogP contribution in [0.5, 0.6) is 0 Å². The molecule has 0 radical (unpaired) electrons. The lowest BCUT2D eigenvalue weighted by Gasteiger charge is -2.29.